The number of carbonyl (C=O) groups is 1. The molecule has 2 N–H and O–H groups in total. The summed E-state index contributed by atoms with van der Waals surface area (Å²) in [5.41, 5.74) is 0.638. The molecule has 0 aromatic heterocycles. The molecule has 104 valence electrons. The first kappa shape index (κ1) is 14.6. The van der Waals surface area contributed by atoms with Crippen LogP contribution in [0.2, 0.25) is 10.0 Å². The van der Waals surface area contributed by atoms with Crippen LogP contribution < -0.4 is 10.6 Å². The minimum absolute atomic E-state index is 0.116. The van der Waals surface area contributed by atoms with Crippen LogP contribution in [0.1, 0.15) is 32.6 Å². The highest BCUT2D eigenvalue weighted by Gasteiger charge is 2.34. The summed E-state index contributed by atoms with van der Waals surface area (Å²) in [6.07, 6.45) is 4.57. The Balaban J connectivity index is 1.91. The minimum atomic E-state index is -0.116. The van der Waals surface area contributed by atoms with Gasteiger partial charge in [0.1, 0.15) is 0 Å². The van der Waals surface area contributed by atoms with E-state index >= 15 is 0 Å². The molecule has 0 aliphatic heterocycles. The number of nitrogens with one attached hydrogen (secondary N) is 2. The van der Waals surface area contributed by atoms with Gasteiger partial charge in [-0.3, -0.25) is 4.79 Å². The van der Waals surface area contributed by atoms with Gasteiger partial charge in [0.15, 0.2) is 0 Å². The fourth-order valence-corrected chi connectivity index (χ4v) is 2.82. The summed E-state index contributed by atoms with van der Waals surface area (Å²) < 4.78 is 0. The first-order chi connectivity index (χ1) is 9.06. The van der Waals surface area contributed by atoms with Gasteiger partial charge in [-0.15, -0.1) is 0 Å². The van der Waals surface area contributed by atoms with Crippen LogP contribution in [0.25, 0.3) is 0 Å². The van der Waals surface area contributed by atoms with E-state index in [-0.39, 0.29) is 18.0 Å². The SMILES string of the molecule is CCC1(NCC(=O)Nc2c(Cl)cccc2Cl)CCC1. The number of rotatable bonds is 5. The van der Waals surface area contributed by atoms with Gasteiger partial charge in [-0.05, 0) is 37.8 Å². The Morgan fingerprint density at radius 1 is 1.32 bits per heavy atom. The van der Waals surface area contributed by atoms with Crippen molar-refractivity contribution in [2.45, 2.75) is 38.1 Å². The molecular weight excluding hydrogens is 283 g/mol. The minimum Gasteiger partial charge on any atom is -0.322 e. The van der Waals surface area contributed by atoms with Gasteiger partial charge in [0.25, 0.3) is 0 Å². The van der Waals surface area contributed by atoms with E-state index in [1.165, 1.54) is 6.42 Å². The number of anilines is 1. The van der Waals surface area contributed by atoms with Crippen molar-refractivity contribution < 1.29 is 4.79 Å². The number of halogens is 2. The monoisotopic (exact) mass is 300 g/mol. The standard InChI is InChI=1S/C14H18Cl2N2O/c1-2-14(7-4-8-14)17-9-12(19)18-13-10(15)5-3-6-11(13)16/h3,5-6,17H,2,4,7-9H2,1H3,(H,18,19). The van der Waals surface area contributed by atoms with E-state index in [1.807, 2.05) is 0 Å². The van der Waals surface area contributed by atoms with Crippen molar-refractivity contribution >= 4 is 34.8 Å². The number of para-hydroxylation sites is 1. The normalized spacial score (nSPS) is 16.8. The number of carbonyl (C=O) groups excluding carboxylic acids is 1. The molecule has 1 aliphatic rings. The topological polar surface area (TPSA) is 41.1 Å². The van der Waals surface area contributed by atoms with Gasteiger partial charge < -0.3 is 10.6 Å². The third-order valence-electron chi connectivity index (χ3n) is 3.84. The van der Waals surface area contributed by atoms with Gasteiger partial charge in [0, 0.05) is 5.54 Å². The molecule has 1 fully saturated rings. The molecule has 1 amide bonds. The molecule has 0 unspecified atom stereocenters. The van der Waals surface area contributed by atoms with Crippen LogP contribution in [0, 0.1) is 0 Å². The average molecular weight is 301 g/mol. The van der Waals surface area contributed by atoms with Crippen molar-refractivity contribution in [3.63, 3.8) is 0 Å². The maximum Gasteiger partial charge on any atom is 0.238 e. The average Bonchev–Trinajstić information content (AvgIpc) is 2.33. The summed E-state index contributed by atoms with van der Waals surface area (Å²) in [6.45, 7) is 2.43. The number of hydrogen-bond donors (Lipinski definition) is 2. The van der Waals surface area contributed by atoms with E-state index in [9.17, 15) is 4.79 Å². The lowest BCUT2D eigenvalue weighted by molar-refractivity contribution is -0.116. The van der Waals surface area contributed by atoms with E-state index in [0.717, 1.165) is 19.3 Å². The van der Waals surface area contributed by atoms with E-state index in [4.69, 9.17) is 23.2 Å². The van der Waals surface area contributed by atoms with Crippen LogP contribution in [0.4, 0.5) is 5.69 Å². The van der Waals surface area contributed by atoms with Crippen molar-refractivity contribution in [1.82, 2.24) is 5.32 Å². The van der Waals surface area contributed by atoms with Gasteiger partial charge in [0.05, 0.1) is 22.3 Å². The second kappa shape index (κ2) is 6.12. The van der Waals surface area contributed by atoms with Crippen LogP contribution >= 0.6 is 23.2 Å². The second-order valence-corrected chi connectivity index (χ2v) is 5.80. The van der Waals surface area contributed by atoms with Gasteiger partial charge in [-0.25, -0.2) is 0 Å². The molecule has 0 atom stereocenters. The number of hydrogen-bond acceptors (Lipinski definition) is 2. The molecule has 3 nitrogen and oxygen atoms in total. The lowest BCUT2D eigenvalue weighted by atomic mass is 9.75. The van der Waals surface area contributed by atoms with Crippen LogP contribution in [0.3, 0.4) is 0 Å². The second-order valence-electron chi connectivity index (χ2n) is 4.99. The smallest absolute Gasteiger partial charge is 0.238 e. The maximum absolute atomic E-state index is 11.9. The molecule has 0 heterocycles. The Hall–Kier alpha value is -0.770. The molecule has 1 aliphatic carbocycles. The largest absolute Gasteiger partial charge is 0.322 e. The van der Waals surface area contributed by atoms with Crippen molar-refractivity contribution in [3.8, 4) is 0 Å². The molecule has 0 bridgehead atoms. The van der Waals surface area contributed by atoms with Gasteiger partial charge >= 0.3 is 0 Å². The predicted molar refractivity (Wildman–Crippen MR) is 80.0 cm³/mol. The van der Waals surface area contributed by atoms with E-state index < -0.39 is 0 Å². The molecule has 2 rings (SSSR count). The zero-order valence-electron chi connectivity index (χ0n) is 10.9. The zero-order chi connectivity index (χ0) is 13.9. The molecule has 19 heavy (non-hydrogen) atoms. The van der Waals surface area contributed by atoms with Crippen LogP contribution in [-0.2, 0) is 4.79 Å². The van der Waals surface area contributed by atoms with Gasteiger partial charge in [-0.2, -0.15) is 0 Å². The molecule has 5 heteroatoms. The summed E-state index contributed by atoms with van der Waals surface area (Å²) in [5.74, 6) is -0.116. The fourth-order valence-electron chi connectivity index (χ4n) is 2.33. The van der Waals surface area contributed by atoms with Crippen molar-refractivity contribution in [2.24, 2.45) is 0 Å². The van der Waals surface area contributed by atoms with Gasteiger partial charge in [0.2, 0.25) is 5.91 Å². The van der Waals surface area contributed by atoms with Crippen LogP contribution in [0.15, 0.2) is 18.2 Å². The summed E-state index contributed by atoms with van der Waals surface area (Å²) in [7, 11) is 0. The highest BCUT2D eigenvalue weighted by molar-refractivity contribution is 6.39. The molecule has 1 saturated carbocycles. The molecule has 0 spiro atoms. The van der Waals surface area contributed by atoms with E-state index in [1.54, 1.807) is 18.2 Å². The highest BCUT2D eigenvalue weighted by Crippen LogP contribution is 2.34. The molecule has 0 radical (unpaired) electrons. The summed E-state index contributed by atoms with van der Waals surface area (Å²) in [5, 5.41) is 7.01. The lowest BCUT2D eigenvalue weighted by Gasteiger charge is -2.42. The third-order valence-corrected chi connectivity index (χ3v) is 4.47. The number of benzene rings is 1. The van der Waals surface area contributed by atoms with Crippen LogP contribution in [0.5, 0.6) is 0 Å². The molecule has 1 aromatic carbocycles. The van der Waals surface area contributed by atoms with Crippen LogP contribution in [-0.4, -0.2) is 18.0 Å². The quantitative estimate of drug-likeness (QED) is 0.867. The Morgan fingerprint density at radius 2 is 1.95 bits per heavy atom. The van der Waals surface area contributed by atoms with Crippen molar-refractivity contribution in [1.29, 1.82) is 0 Å². The fraction of sp³-hybridized carbons (Fsp3) is 0.500. The predicted octanol–water partition coefficient (Wildman–Crippen LogP) is 3.85. The zero-order valence-corrected chi connectivity index (χ0v) is 12.4. The molecule has 0 saturated heterocycles. The van der Waals surface area contributed by atoms with Gasteiger partial charge in [-0.1, -0.05) is 36.2 Å². The summed E-state index contributed by atoms with van der Waals surface area (Å²) in [6, 6.07) is 5.16. The number of amides is 1. The third kappa shape index (κ3) is 3.41. The Bertz CT molecular complexity index is 447. The highest BCUT2D eigenvalue weighted by atomic mass is 35.5. The first-order valence-electron chi connectivity index (χ1n) is 6.55. The summed E-state index contributed by atoms with van der Waals surface area (Å²) >= 11 is 12.0. The summed E-state index contributed by atoms with van der Waals surface area (Å²) in [4.78, 5) is 11.9. The van der Waals surface area contributed by atoms with E-state index in [0.29, 0.717) is 15.7 Å². The molecule has 1 aromatic rings. The van der Waals surface area contributed by atoms with Crippen molar-refractivity contribution in [2.75, 3.05) is 11.9 Å². The lowest BCUT2D eigenvalue weighted by Crippen LogP contribution is -2.52. The Kier molecular flexibility index (Phi) is 4.71. The molecular formula is C14H18Cl2N2O. The maximum atomic E-state index is 11.9. The van der Waals surface area contributed by atoms with Crippen molar-refractivity contribution in [3.05, 3.63) is 28.2 Å². The van der Waals surface area contributed by atoms with E-state index in [2.05, 4.69) is 17.6 Å². The first-order valence-corrected chi connectivity index (χ1v) is 7.31. The Labute approximate surface area is 123 Å². The Morgan fingerprint density at radius 3 is 2.42 bits per heavy atom.